The Bertz CT molecular complexity index is 171. The van der Waals surface area contributed by atoms with Crippen molar-refractivity contribution < 1.29 is 4.74 Å². The third-order valence-electron chi connectivity index (χ3n) is 3.61. The van der Waals surface area contributed by atoms with E-state index >= 15 is 0 Å². The Balaban J connectivity index is 2.45. The van der Waals surface area contributed by atoms with E-state index in [-0.39, 0.29) is 0 Å². The molecule has 0 bridgehead atoms. The van der Waals surface area contributed by atoms with Crippen LogP contribution in [0.5, 0.6) is 0 Å². The summed E-state index contributed by atoms with van der Waals surface area (Å²) in [7, 11) is 0. The average molecular weight is 249 g/mol. The van der Waals surface area contributed by atoms with E-state index < -0.39 is 0 Å². The van der Waals surface area contributed by atoms with Gasteiger partial charge in [0.05, 0.1) is 12.2 Å². The van der Waals surface area contributed by atoms with E-state index in [0.29, 0.717) is 22.5 Å². The van der Waals surface area contributed by atoms with Crippen LogP contribution >= 0.6 is 15.9 Å². The summed E-state index contributed by atoms with van der Waals surface area (Å²) in [6.45, 7) is 8.92. The third-order valence-corrected chi connectivity index (χ3v) is 5.03. The van der Waals surface area contributed by atoms with Gasteiger partial charge < -0.3 is 4.74 Å². The number of alkyl halides is 1. The first-order valence-electron chi connectivity index (χ1n) is 5.34. The summed E-state index contributed by atoms with van der Waals surface area (Å²) in [6, 6.07) is 0. The lowest BCUT2D eigenvalue weighted by molar-refractivity contribution is -0.125. The Morgan fingerprint density at radius 2 is 2.15 bits per heavy atom. The highest BCUT2D eigenvalue weighted by Crippen LogP contribution is 2.50. The van der Waals surface area contributed by atoms with Crippen molar-refractivity contribution in [3.8, 4) is 0 Å². The monoisotopic (exact) mass is 248 g/mol. The molecule has 4 atom stereocenters. The fraction of sp³-hybridized carbons (Fsp3) is 1.00. The summed E-state index contributed by atoms with van der Waals surface area (Å²) in [4.78, 5) is 0.652. The number of ether oxygens (including phenoxy) is 1. The first-order chi connectivity index (χ1) is 6.04. The molecule has 1 aliphatic rings. The molecule has 0 amide bonds. The molecule has 13 heavy (non-hydrogen) atoms. The molecule has 78 valence electrons. The lowest BCUT2D eigenvalue weighted by atomic mass is 9.65. The average Bonchev–Trinajstić information content (AvgIpc) is 2.15. The summed E-state index contributed by atoms with van der Waals surface area (Å²) < 4.78 is 5.98. The standard InChI is InChI=1S/C11H21BrO/c1-5-8(3)13-10-7-9(12)11(10,4)6-2/h8-10H,5-7H2,1-4H3. The maximum absolute atomic E-state index is 5.98. The van der Waals surface area contributed by atoms with Gasteiger partial charge in [0.15, 0.2) is 0 Å². The van der Waals surface area contributed by atoms with Crippen LogP contribution in [0.3, 0.4) is 0 Å². The number of hydrogen-bond donors (Lipinski definition) is 0. The van der Waals surface area contributed by atoms with Crippen molar-refractivity contribution in [2.24, 2.45) is 5.41 Å². The van der Waals surface area contributed by atoms with Gasteiger partial charge in [-0.15, -0.1) is 0 Å². The molecule has 0 saturated heterocycles. The van der Waals surface area contributed by atoms with Crippen molar-refractivity contribution >= 4 is 15.9 Å². The zero-order chi connectivity index (χ0) is 10.1. The van der Waals surface area contributed by atoms with Gasteiger partial charge in [-0.3, -0.25) is 0 Å². The molecule has 0 aromatic carbocycles. The summed E-state index contributed by atoms with van der Waals surface area (Å²) in [6.07, 6.45) is 4.37. The summed E-state index contributed by atoms with van der Waals surface area (Å²) >= 11 is 3.72. The Labute approximate surface area is 90.4 Å². The molecule has 0 radical (unpaired) electrons. The van der Waals surface area contributed by atoms with Crippen LogP contribution in [0.4, 0.5) is 0 Å². The van der Waals surface area contributed by atoms with E-state index in [2.05, 4.69) is 43.6 Å². The highest BCUT2D eigenvalue weighted by atomic mass is 79.9. The van der Waals surface area contributed by atoms with E-state index in [1.165, 1.54) is 12.8 Å². The summed E-state index contributed by atoms with van der Waals surface area (Å²) in [5, 5.41) is 0. The maximum Gasteiger partial charge on any atom is 0.0653 e. The molecule has 0 aromatic heterocycles. The normalized spacial score (nSPS) is 41.3. The first-order valence-corrected chi connectivity index (χ1v) is 6.25. The van der Waals surface area contributed by atoms with Gasteiger partial charge in [0.2, 0.25) is 0 Å². The Morgan fingerprint density at radius 3 is 2.54 bits per heavy atom. The van der Waals surface area contributed by atoms with Crippen LogP contribution in [0.2, 0.25) is 0 Å². The lowest BCUT2D eigenvalue weighted by Gasteiger charge is -2.51. The van der Waals surface area contributed by atoms with Crippen LogP contribution in [-0.4, -0.2) is 17.0 Å². The molecule has 1 nitrogen and oxygen atoms in total. The molecule has 2 heteroatoms. The van der Waals surface area contributed by atoms with Crippen molar-refractivity contribution in [3.05, 3.63) is 0 Å². The van der Waals surface area contributed by atoms with Gasteiger partial charge in [-0.1, -0.05) is 36.7 Å². The molecular formula is C11H21BrO. The zero-order valence-electron chi connectivity index (χ0n) is 9.14. The van der Waals surface area contributed by atoms with Gasteiger partial charge in [0.25, 0.3) is 0 Å². The molecule has 1 rings (SSSR count). The van der Waals surface area contributed by atoms with Crippen molar-refractivity contribution in [1.29, 1.82) is 0 Å². The van der Waals surface area contributed by atoms with Crippen molar-refractivity contribution in [2.45, 2.75) is 64.0 Å². The summed E-state index contributed by atoms with van der Waals surface area (Å²) in [5.74, 6) is 0. The van der Waals surface area contributed by atoms with Gasteiger partial charge in [0.1, 0.15) is 0 Å². The number of hydrogen-bond acceptors (Lipinski definition) is 1. The van der Waals surface area contributed by atoms with Gasteiger partial charge in [-0.05, 0) is 26.2 Å². The van der Waals surface area contributed by atoms with Gasteiger partial charge in [0, 0.05) is 10.2 Å². The van der Waals surface area contributed by atoms with Crippen LogP contribution < -0.4 is 0 Å². The minimum Gasteiger partial charge on any atom is -0.375 e. The Morgan fingerprint density at radius 1 is 1.54 bits per heavy atom. The van der Waals surface area contributed by atoms with Crippen LogP contribution in [0.15, 0.2) is 0 Å². The fourth-order valence-corrected chi connectivity index (χ4v) is 2.76. The molecule has 0 heterocycles. The molecular weight excluding hydrogens is 228 g/mol. The minimum atomic E-state index is 0.365. The van der Waals surface area contributed by atoms with Crippen molar-refractivity contribution in [2.75, 3.05) is 0 Å². The molecule has 4 unspecified atom stereocenters. The van der Waals surface area contributed by atoms with E-state index in [0.717, 1.165) is 6.42 Å². The first kappa shape index (κ1) is 11.5. The predicted molar refractivity (Wildman–Crippen MR) is 60.4 cm³/mol. The van der Waals surface area contributed by atoms with Gasteiger partial charge >= 0.3 is 0 Å². The third kappa shape index (κ3) is 2.10. The number of halogens is 1. The van der Waals surface area contributed by atoms with Gasteiger partial charge in [-0.2, -0.15) is 0 Å². The second-order valence-corrected chi connectivity index (χ2v) is 5.51. The number of rotatable bonds is 4. The van der Waals surface area contributed by atoms with Crippen LogP contribution in [0.25, 0.3) is 0 Å². The van der Waals surface area contributed by atoms with E-state index in [4.69, 9.17) is 4.74 Å². The topological polar surface area (TPSA) is 9.23 Å². The highest BCUT2D eigenvalue weighted by Gasteiger charge is 2.50. The second kappa shape index (κ2) is 4.31. The Kier molecular flexibility index (Phi) is 3.82. The molecule has 1 aliphatic carbocycles. The molecule has 0 aromatic rings. The second-order valence-electron chi connectivity index (χ2n) is 4.41. The SMILES string of the molecule is CCC(C)OC1CC(Br)C1(C)CC. The quantitative estimate of drug-likeness (QED) is 0.689. The predicted octanol–water partition coefficient (Wildman–Crippen LogP) is 3.75. The van der Waals surface area contributed by atoms with Crippen LogP contribution in [0.1, 0.15) is 47.0 Å². The molecule has 0 aliphatic heterocycles. The molecule has 1 fully saturated rings. The Hall–Kier alpha value is 0.440. The maximum atomic E-state index is 5.98. The van der Waals surface area contributed by atoms with Crippen molar-refractivity contribution in [1.82, 2.24) is 0 Å². The molecule has 0 spiro atoms. The fourth-order valence-electron chi connectivity index (χ4n) is 1.80. The van der Waals surface area contributed by atoms with E-state index in [1.54, 1.807) is 0 Å². The molecule has 0 N–H and O–H groups in total. The molecule has 1 saturated carbocycles. The largest absolute Gasteiger partial charge is 0.375 e. The van der Waals surface area contributed by atoms with Gasteiger partial charge in [-0.25, -0.2) is 0 Å². The van der Waals surface area contributed by atoms with Crippen molar-refractivity contribution in [3.63, 3.8) is 0 Å². The van der Waals surface area contributed by atoms with E-state index in [1.807, 2.05) is 0 Å². The zero-order valence-corrected chi connectivity index (χ0v) is 10.7. The van der Waals surface area contributed by atoms with Crippen LogP contribution in [-0.2, 0) is 4.74 Å². The smallest absolute Gasteiger partial charge is 0.0653 e. The lowest BCUT2D eigenvalue weighted by Crippen LogP contribution is -2.54. The highest BCUT2D eigenvalue weighted by molar-refractivity contribution is 9.09. The minimum absolute atomic E-state index is 0.365. The van der Waals surface area contributed by atoms with E-state index in [9.17, 15) is 0 Å². The summed E-state index contributed by atoms with van der Waals surface area (Å²) in [5.41, 5.74) is 0.365. The van der Waals surface area contributed by atoms with Crippen LogP contribution in [0, 0.1) is 5.41 Å².